The summed E-state index contributed by atoms with van der Waals surface area (Å²) >= 11 is 7.16. The Hall–Kier alpha value is 0.0500. The zero-order valence-electron chi connectivity index (χ0n) is 12.9. The third-order valence-corrected chi connectivity index (χ3v) is 8.48. The molecule has 3 aliphatic rings. The van der Waals surface area contributed by atoms with Crippen LogP contribution in [0.15, 0.2) is 16.6 Å². The molecule has 126 valence electrons. The first-order chi connectivity index (χ1) is 10.9. The van der Waals surface area contributed by atoms with Crippen molar-refractivity contribution in [2.75, 3.05) is 18.1 Å². The molecule has 1 aromatic carbocycles. The summed E-state index contributed by atoms with van der Waals surface area (Å²) in [6.45, 7) is 4.34. The molecule has 3 aliphatic heterocycles. The second kappa shape index (κ2) is 5.80. The maximum atomic E-state index is 14.0. The first-order valence-corrected chi connectivity index (χ1v) is 10.4. The molecule has 0 saturated carbocycles. The SMILES string of the molecule is CC1(C)OC[C@@H]([C@@H]2CC3(SCCS3)c3cc(Br)c(F)cc3O2)O1. The molecule has 1 aromatic rings. The minimum absolute atomic E-state index is 0.0788. The van der Waals surface area contributed by atoms with Gasteiger partial charge in [0.1, 0.15) is 23.8 Å². The zero-order chi connectivity index (χ0) is 16.2. The van der Waals surface area contributed by atoms with Gasteiger partial charge in [-0.05, 0) is 35.8 Å². The molecule has 1 spiro atoms. The molecule has 0 aliphatic carbocycles. The lowest BCUT2D eigenvalue weighted by Crippen LogP contribution is -2.42. The lowest BCUT2D eigenvalue weighted by Gasteiger charge is -2.40. The molecule has 0 unspecified atom stereocenters. The zero-order valence-corrected chi connectivity index (χ0v) is 16.2. The molecule has 0 bridgehead atoms. The fourth-order valence-corrected chi connectivity index (χ4v) is 7.03. The van der Waals surface area contributed by atoms with Crippen molar-refractivity contribution < 1.29 is 18.6 Å². The van der Waals surface area contributed by atoms with Crippen LogP contribution >= 0.6 is 39.5 Å². The van der Waals surface area contributed by atoms with Crippen molar-refractivity contribution in [2.45, 2.75) is 42.3 Å². The largest absolute Gasteiger partial charge is 0.487 e. The van der Waals surface area contributed by atoms with Crippen LogP contribution < -0.4 is 4.74 Å². The summed E-state index contributed by atoms with van der Waals surface area (Å²) in [5, 5.41) is 0. The summed E-state index contributed by atoms with van der Waals surface area (Å²) in [7, 11) is 0. The predicted octanol–water partition coefficient (Wildman–Crippen LogP) is 4.52. The number of ether oxygens (including phenoxy) is 3. The molecule has 0 radical (unpaired) electrons. The maximum Gasteiger partial charge on any atom is 0.163 e. The average molecular weight is 421 g/mol. The van der Waals surface area contributed by atoms with Crippen molar-refractivity contribution >= 4 is 39.5 Å². The normalized spacial score (nSPS) is 31.1. The molecule has 0 N–H and O–H groups in total. The van der Waals surface area contributed by atoms with Crippen molar-refractivity contribution in [3.05, 3.63) is 28.0 Å². The Morgan fingerprint density at radius 1 is 1.22 bits per heavy atom. The van der Waals surface area contributed by atoms with Crippen LogP contribution in [0.5, 0.6) is 5.75 Å². The number of hydrogen-bond acceptors (Lipinski definition) is 5. The highest BCUT2D eigenvalue weighted by molar-refractivity contribution is 9.10. The number of benzene rings is 1. The van der Waals surface area contributed by atoms with E-state index in [-0.39, 0.29) is 22.1 Å². The van der Waals surface area contributed by atoms with E-state index in [1.165, 1.54) is 6.07 Å². The Labute approximate surface area is 152 Å². The predicted molar refractivity (Wildman–Crippen MR) is 94.6 cm³/mol. The monoisotopic (exact) mass is 420 g/mol. The highest BCUT2D eigenvalue weighted by atomic mass is 79.9. The van der Waals surface area contributed by atoms with Crippen molar-refractivity contribution in [3.8, 4) is 5.75 Å². The second-order valence-corrected chi connectivity index (χ2v) is 10.3. The topological polar surface area (TPSA) is 27.7 Å². The van der Waals surface area contributed by atoms with Crippen LogP contribution in [-0.4, -0.2) is 36.1 Å². The van der Waals surface area contributed by atoms with Crippen molar-refractivity contribution in [3.63, 3.8) is 0 Å². The van der Waals surface area contributed by atoms with Gasteiger partial charge in [-0.15, -0.1) is 23.5 Å². The lowest BCUT2D eigenvalue weighted by molar-refractivity contribution is -0.150. The fourth-order valence-electron chi connectivity index (χ4n) is 3.34. The Balaban J connectivity index is 1.70. The highest BCUT2D eigenvalue weighted by Crippen LogP contribution is 2.60. The van der Waals surface area contributed by atoms with Crippen LogP contribution in [0.2, 0.25) is 0 Å². The maximum absolute atomic E-state index is 14.0. The summed E-state index contributed by atoms with van der Waals surface area (Å²) in [6.07, 6.45) is 0.601. The summed E-state index contributed by atoms with van der Waals surface area (Å²) in [5.74, 6) is 1.95. The van der Waals surface area contributed by atoms with E-state index in [4.69, 9.17) is 14.2 Å². The summed E-state index contributed by atoms with van der Waals surface area (Å²) in [4.78, 5) is 0. The molecule has 2 saturated heterocycles. The first kappa shape index (κ1) is 16.5. The van der Waals surface area contributed by atoms with E-state index in [2.05, 4.69) is 15.9 Å². The number of thioether (sulfide) groups is 2. The third-order valence-electron chi connectivity index (χ3n) is 4.38. The molecule has 3 heterocycles. The third kappa shape index (κ3) is 2.92. The standard InChI is InChI=1S/C16H18BrFO3S2/c1-15(2)19-8-14(21-15)13-7-16(22-3-4-23-16)9-5-10(17)11(18)6-12(9)20-13/h5-6,13-14H,3-4,7-8H2,1-2H3/t13-,14-/m0/s1. The minimum Gasteiger partial charge on any atom is -0.487 e. The van der Waals surface area contributed by atoms with Gasteiger partial charge in [0, 0.05) is 29.6 Å². The molecule has 7 heteroatoms. The van der Waals surface area contributed by atoms with Crippen molar-refractivity contribution in [1.29, 1.82) is 0 Å². The summed E-state index contributed by atoms with van der Waals surface area (Å²) in [6, 6.07) is 3.37. The van der Waals surface area contributed by atoms with Crippen LogP contribution in [0.4, 0.5) is 4.39 Å². The Bertz CT molecular complexity index is 634. The van der Waals surface area contributed by atoms with E-state index in [1.54, 1.807) is 0 Å². The van der Waals surface area contributed by atoms with Gasteiger partial charge in [0.25, 0.3) is 0 Å². The van der Waals surface area contributed by atoms with Crippen LogP contribution in [0.3, 0.4) is 0 Å². The molecule has 3 nitrogen and oxygen atoms in total. The van der Waals surface area contributed by atoms with Crippen LogP contribution in [0.1, 0.15) is 25.8 Å². The van der Waals surface area contributed by atoms with Gasteiger partial charge in [0.05, 0.1) is 15.2 Å². The van der Waals surface area contributed by atoms with Gasteiger partial charge in [0.2, 0.25) is 0 Å². The second-order valence-electron chi connectivity index (χ2n) is 6.44. The van der Waals surface area contributed by atoms with E-state index < -0.39 is 5.79 Å². The van der Waals surface area contributed by atoms with E-state index in [1.807, 2.05) is 43.4 Å². The lowest BCUT2D eigenvalue weighted by atomic mass is 9.98. The minimum atomic E-state index is -0.581. The number of rotatable bonds is 1. The quantitative estimate of drug-likeness (QED) is 0.665. The van der Waals surface area contributed by atoms with Gasteiger partial charge in [-0.1, -0.05) is 0 Å². The summed E-state index contributed by atoms with van der Waals surface area (Å²) < 4.78 is 32.2. The molecule has 2 fully saturated rings. The Morgan fingerprint density at radius 2 is 1.96 bits per heavy atom. The first-order valence-electron chi connectivity index (χ1n) is 7.64. The Morgan fingerprint density at radius 3 is 2.61 bits per heavy atom. The van der Waals surface area contributed by atoms with E-state index in [0.717, 1.165) is 23.5 Å². The highest BCUT2D eigenvalue weighted by Gasteiger charge is 2.50. The van der Waals surface area contributed by atoms with Gasteiger partial charge in [-0.25, -0.2) is 4.39 Å². The van der Waals surface area contributed by atoms with Gasteiger partial charge >= 0.3 is 0 Å². The van der Waals surface area contributed by atoms with Crippen molar-refractivity contribution in [2.24, 2.45) is 0 Å². The van der Waals surface area contributed by atoms with Gasteiger partial charge < -0.3 is 14.2 Å². The average Bonchev–Trinajstić information content (AvgIpc) is 3.08. The number of halogens is 2. The van der Waals surface area contributed by atoms with Gasteiger partial charge in [0.15, 0.2) is 5.79 Å². The molecule has 4 rings (SSSR count). The van der Waals surface area contributed by atoms with E-state index in [0.29, 0.717) is 16.8 Å². The molecular formula is C16H18BrFO3S2. The van der Waals surface area contributed by atoms with E-state index in [9.17, 15) is 4.39 Å². The molecule has 0 amide bonds. The smallest absolute Gasteiger partial charge is 0.163 e. The molecule has 23 heavy (non-hydrogen) atoms. The van der Waals surface area contributed by atoms with Crippen LogP contribution in [0, 0.1) is 5.82 Å². The van der Waals surface area contributed by atoms with Crippen molar-refractivity contribution in [1.82, 2.24) is 0 Å². The molecule has 0 aromatic heterocycles. The number of hydrogen-bond donors (Lipinski definition) is 0. The Kier molecular flexibility index (Phi) is 4.16. The summed E-state index contributed by atoms with van der Waals surface area (Å²) in [5.41, 5.74) is 1.08. The molecular weight excluding hydrogens is 403 g/mol. The van der Waals surface area contributed by atoms with Crippen LogP contribution in [-0.2, 0) is 13.6 Å². The molecule has 2 atom stereocenters. The fraction of sp³-hybridized carbons (Fsp3) is 0.625. The van der Waals surface area contributed by atoms with Crippen LogP contribution in [0.25, 0.3) is 0 Å². The van der Waals surface area contributed by atoms with E-state index >= 15 is 0 Å². The van der Waals surface area contributed by atoms with Gasteiger partial charge in [-0.3, -0.25) is 0 Å². The van der Waals surface area contributed by atoms with Gasteiger partial charge in [-0.2, -0.15) is 0 Å². The number of fused-ring (bicyclic) bond motifs is 2.